The Labute approximate surface area is 165 Å². The number of carboxylic acids is 1. The molecule has 0 radical (unpaired) electrons. The van der Waals surface area contributed by atoms with Gasteiger partial charge in [0.15, 0.2) is 0 Å². The van der Waals surface area contributed by atoms with E-state index in [2.05, 4.69) is 4.98 Å². The fraction of sp³-hybridized carbons (Fsp3) is 0.333. The van der Waals surface area contributed by atoms with Crippen molar-refractivity contribution in [1.29, 1.82) is 0 Å². The molecule has 1 aromatic carbocycles. The first-order valence-corrected chi connectivity index (χ1v) is 10.1. The highest BCUT2D eigenvalue weighted by atomic mass is 32.2. The molecule has 0 saturated carbocycles. The highest BCUT2D eigenvalue weighted by molar-refractivity contribution is 7.89. The number of rotatable bonds is 5. The van der Waals surface area contributed by atoms with Crippen LogP contribution in [0.25, 0.3) is 0 Å². The molecule has 0 amide bonds. The second-order valence-corrected chi connectivity index (χ2v) is 8.45. The number of hydrogen-bond acceptors (Lipinski definition) is 5. The van der Waals surface area contributed by atoms with Gasteiger partial charge in [0, 0.05) is 32.4 Å². The zero-order valence-corrected chi connectivity index (χ0v) is 15.9. The Hall–Kier alpha value is -2.66. The number of piperazine rings is 1. The minimum Gasteiger partial charge on any atom is -0.481 e. The predicted molar refractivity (Wildman–Crippen MR) is 98.0 cm³/mol. The number of halogens is 3. The first kappa shape index (κ1) is 21.1. The lowest BCUT2D eigenvalue weighted by Crippen LogP contribution is -2.48. The third-order valence-electron chi connectivity index (χ3n) is 4.53. The van der Waals surface area contributed by atoms with Crippen molar-refractivity contribution in [3.05, 3.63) is 53.7 Å². The maximum Gasteiger partial charge on any atom is 0.417 e. The zero-order valence-electron chi connectivity index (χ0n) is 15.1. The molecule has 1 aliphatic heterocycles. The smallest absolute Gasteiger partial charge is 0.417 e. The molecular weight excluding hydrogens is 411 g/mol. The van der Waals surface area contributed by atoms with Gasteiger partial charge in [0.05, 0.1) is 16.9 Å². The summed E-state index contributed by atoms with van der Waals surface area (Å²) in [5, 5.41) is 8.87. The van der Waals surface area contributed by atoms with Crippen LogP contribution in [0.1, 0.15) is 11.1 Å². The van der Waals surface area contributed by atoms with Crippen LogP contribution in [0.5, 0.6) is 0 Å². The quantitative estimate of drug-likeness (QED) is 0.784. The monoisotopic (exact) mass is 429 g/mol. The van der Waals surface area contributed by atoms with E-state index in [0.717, 1.165) is 12.3 Å². The maximum absolute atomic E-state index is 12.8. The summed E-state index contributed by atoms with van der Waals surface area (Å²) in [7, 11) is -3.81. The summed E-state index contributed by atoms with van der Waals surface area (Å²) in [6.07, 6.45) is -3.99. The normalized spacial score (nSPS) is 16.0. The van der Waals surface area contributed by atoms with Crippen molar-refractivity contribution in [2.75, 3.05) is 31.1 Å². The number of carbonyl (C=O) groups is 1. The van der Waals surface area contributed by atoms with Crippen molar-refractivity contribution in [1.82, 2.24) is 9.29 Å². The number of benzene rings is 1. The van der Waals surface area contributed by atoms with E-state index in [1.54, 1.807) is 11.0 Å². The molecule has 1 saturated heterocycles. The molecule has 2 heterocycles. The number of aliphatic carboxylic acids is 1. The molecule has 1 N–H and O–H groups in total. The Morgan fingerprint density at radius 3 is 2.34 bits per heavy atom. The van der Waals surface area contributed by atoms with Gasteiger partial charge in [-0.1, -0.05) is 12.1 Å². The van der Waals surface area contributed by atoms with Gasteiger partial charge in [0.2, 0.25) is 10.0 Å². The minimum absolute atomic E-state index is 0.0114. The average molecular weight is 429 g/mol. The fourth-order valence-corrected chi connectivity index (χ4v) is 4.53. The Bertz CT molecular complexity index is 986. The van der Waals surface area contributed by atoms with Crippen molar-refractivity contribution in [3.8, 4) is 0 Å². The summed E-state index contributed by atoms with van der Waals surface area (Å²) < 4.78 is 64.9. The zero-order chi connectivity index (χ0) is 21.2. The number of pyridine rings is 1. The molecule has 1 aromatic heterocycles. The van der Waals surface area contributed by atoms with Crippen LogP contribution in [0, 0.1) is 0 Å². The molecule has 7 nitrogen and oxygen atoms in total. The van der Waals surface area contributed by atoms with Gasteiger partial charge >= 0.3 is 12.1 Å². The summed E-state index contributed by atoms with van der Waals surface area (Å²) in [5.74, 6) is -0.712. The fourth-order valence-electron chi connectivity index (χ4n) is 3.04. The molecule has 0 bridgehead atoms. The van der Waals surface area contributed by atoms with Crippen LogP contribution in [-0.2, 0) is 27.4 Å². The summed E-state index contributed by atoms with van der Waals surface area (Å²) in [4.78, 5) is 16.4. The average Bonchev–Trinajstić information content (AvgIpc) is 2.67. The van der Waals surface area contributed by atoms with Crippen LogP contribution in [-0.4, -0.2) is 55.0 Å². The van der Waals surface area contributed by atoms with Crippen LogP contribution >= 0.6 is 0 Å². The second kappa shape index (κ2) is 7.99. The Morgan fingerprint density at radius 2 is 1.79 bits per heavy atom. The van der Waals surface area contributed by atoms with Gasteiger partial charge < -0.3 is 10.0 Å². The van der Waals surface area contributed by atoms with Gasteiger partial charge in [0.25, 0.3) is 0 Å². The van der Waals surface area contributed by atoms with Crippen molar-refractivity contribution < 1.29 is 31.5 Å². The summed E-state index contributed by atoms with van der Waals surface area (Å²) in [5.41, 5.74) is -0.463. The second-order valence-electron chi connectivity index (χ2n) is 6.51. The van der Waals surface area contributed by atoms with Gasteiger partial charge in [-0.05, 0) is 29.8 Å². The molecule has 0 unspecified atom stereocenters. The van der Waals surface area contributed by atoms with Gasteiger partial charge in [0.1, 0.15) is 5.82 Å². The summed E-state index contributed by atoms with van der Waals surface area (Å²) in [6, 6.07) is 7.99. The van der Waals surface area contributed by atoms with Crippen LogP contribution in [0.3, 0.4) is 0 Å². The SMILES string of the molecule is O=C(O)Cc1cccc(S(=O)(=O)N2CCN(c3ccc(C(F)(F)F)cn3)CC2)c1. The molecular formula is C18H18F3N3O4S. The number of anilines is 1. The molecule has 156 valence electrons. The molecule has 1 aliphatic rings. The third kappa shape index (κ3) is 4.85. The highest BCUT2D eigenvalue weighted by Gasteiger charge is 2.32. The van der Waals surface area contributed by atoms with Crippen LogP contribution < -0.4 is 4.90 Å². The molecule has 2 aromatic rings. The molecule has 3 rings (SSSR count). The van der Waals surface area contributed by atoms with Crippen molar-refractivity contribution >= 4 is 21.8 Å². The first-order valence-electron chi connectivity index (χ1n) is 8.66. The lowest BCUT2D eigenvalue weighted by atomic mass is 10.2. The van der Waals surface area contributed by atoms with E-state index in [0.29, 0.717) is 11.4 Å². The van der Waals surface area contributed by atoms with Crippen LogP contribution in [0.2, 0.25) is 0 Å². The van der Waals surface area contributed by atoms with E-state index in [4.69, 9.17) is 5.11 Å². The summed E-state index contributed by atoms with van der Waals surface area (Å²) >= 11 is 0. The molecule has 0 aliphatic carbocycles. The van der Waals surface area contributed by atoms with E-state index in [1.165, 1.54) is 28.6 Å². The number of carboxylic acid groups (broad SMARTS) is 1. The predicted octanol–water partition coefficient (Wildman–Crippen LogP) is 2.24. The lowest BCUT2D eigenvalue weighted by molar-refractivity contribution is -0.138. The third-order valence-corrected chi connectivity index (χ3v) is 6.42. The molecule has 0 atom stereocenters. The number of hydrogen-bond donors (Lipinski definition) is 1. The van der Waals surface area contributed by atoms with Gasteiger partial charge in [-0.3, -0.25) is 4.79 Å². The molecule has 11 heteroatoms. The highest BCUT2D eigenvalue weighted by Crippen LogP contribution is 2.29. The van der Waals surface area contributed by atoms with Gasteiger partial charge in [-0.25, -0.2) is 13.4 Å². The topological polar surface area (TPSA) is 90.8 Å². The van der Waals surface area contributed by atoms with Crippen LogP contribution in [0.15, 0.2) is 47.5 Å². The Morgan fingerprint density at radius 1 is 1.10 bits per heavy atom. The first-order chi connectivity index (χ1) is 13.6. The molecule has 0 spiro atoms. The largest absolute Gasteiger partial charge is 0.481 e. The standard InChI is InChI=1S/C18H18F3N3O4S/c19-18(20,21)14-4-5-16(22-12-14)23-6-8-24(9-7-23)29(27,28)15-3-1-2-13(10-15)11-17(25)26/h1-5,10,12H,6-9,11H2,(H,25,26). The minimum atomic E-state index is -4.46. The number of aromatic nitrogens is 1. The van der Waals surface area contributed by atoms with Gasteiger partial charge in [-0.2, -0.15) is 17.5 Å². The molecule has 1 fully saturated rings. The maximum atomic E-state index is 12.8. The van der Waals surface area contributed by atoms with Crippen molar-refractivity contribution in [2.24, 2.45) is 0 Å². The number of alkyl halides is 3. The van der Waals surface area contributed by atoms with E-state index in [1.807, 2.05) is 0 Å². The summed E-state index contributed by atoms with van der Waals surface area (Å²) in [6.45, 7) is 0.807. The van der Waals surface area contributed by atoms with Gasteiger partial charge in [-0.15, -0.1) is 0 Å². The van der Waals surface area contributed by atoms with E-state index in [-0.39, 0.29) is 37.5 Å². The number of sulfonamides is 1. The lowest BCUT2D eigenvalue weighted by Gasteiger charge is -2.34. The van der Waals surface area contributed by atoms with E-state index < -0.39 is 27.7 Å². The van der Waals surface area contributed by atoms with Crippen molar-refractivity contribution in [2.45, 2.75) is 17.5 Å². The van der Waals surface area contributed by atoms with E-state index >= 15 is 0 Å². The van der Waals surface area contributed by atoms with Crippen molar-refractivity contribution in [3.63, 3.8) is 0 Å². The van der Waals surface area contributed by atoms with Crippen LogP contribution in [0.4, 0.5) is 19.0 Å². The number of nitrogens with zero attached hydrogens (tertiary/aromatic N) is 3. The Balaban J connectivity index is 1.69. The molecule has 29 heavy (non-hydrogen) atoms. The Kier molecular flexibility index (Phi) is 5.80. The van der Waals surface area contributed by atoms with E-state index in [9.17, 15) is 26.4 Å².